The molecular formula is C12H17N3O2. The third-order valence-electron chi connectivity index (χ3n) is 3.53. The zero-order valence-corrected chi connectivity index (χ0v) is 9.79. The van der Waals surface area contributed by atoms with Crippen LogP contribution in [0.3, 0.4) is 0 Å². The Hall–Kier alpha value is -1.20. The summed E-state index contributed by atoms with van der Waals surface area (Å²) >= 11 is 0. The number of aromatic amines is 1. The van der Waals surface area contributed by atoms with Crippen LogP contribution in [0.5, 0.6) is 0 Å². The first kappa shape index (κ1) is 10.9. The van der Waals surface area contributed by atoms with E-state index in [0.717, 1.165) is 43.0 Å². The quantitative estimate of drug-likeness (QED) is 0.757. The molecule has 0 aliphatic carbocycles. The van der Waals surface area contributed by atoms with Crippen molar-refractivity contribution in [3.63, 3.8) is 0 Å². The average molecular weight is 235 g/mol. The molecule has 1 aromatic heterocycles. The number of aromatic nitrogens is 2. The second-order valence-corrected chi connectivity index (χ2v) is 4.80. The van der Waals surface area contributed by atoms with Crippen LogP contribution in [0.25, 0.3) is 0 Å². The molecule has 2 N–H and O–H groups in total. The zero-order chi connectivity index (χ0) is 11.7. The number of H-pyrrole nitrogens is 1. The van der Waals surface area contributed by atoms with Gasteiger partial charge in [0.05, 0.1) is 18.9 Å². The van der Waals surface area contributed by atoms with Gasteiger partial charge in [-0.2, -0.15) is 0 Å². The lowest BCUT2D eigenvalue weighted by Crippen LogP contribution is -2.26. The highest BCUT2D eigenvalue weighted by Crippen LogP contribution is 2.14. The van der Waals surface area contributed by atoms with E-state index in [0.29, 0.717) is 25.6 Å². The predicted molar refractivity (Wildman–Crippen MR) is 62.9 cm³/mol. The number of nitrogens with zero attached hydrogens (tertiary/aromatic N) is 1. The molecule has 17 heavy (non-hydrogen) atoms. The molecule has 0 amide bonds. The number of fused-ring (bicyclic) bond motifs is 1. The van der Waals surface area contributed by atoms with E-state index >= 15 is 0 Å². The Kier molecular flexibility index (Phi) is 2.94. The fourth-order valence-corrected chi connectivity index (χ4v) is 2.57. The number of hydrogen-bond donors (Lipinski definition) is 2. The van der Waals surface area contributed by atoms with Gasteiger partial charge >= 0.3 is 0 Å². The fraction of sp³-hybridized carbons (Fsp3) is 0.667. The Morgan fingerprint density at radius 3 is 3.24 bits per heavy atom. The molecule has 5 nitrogen and oxygen atoms in total. The lowest BCUT2D eigenvalue weighted by atomic mass is 10.0. The molecule has 1 saturated heterocycles. The van der Waals surface area contributed by atoms with Crippen molar-refractivity contribution >= 4 is 0 Å². The molecule has 0 radical (unpaired) electrons. The van der Waals surface area contributed by atoms with E-state index < -0.39 is 0 Å². The van der Waals surface area contributed by atoms with Gasteiger partial charge in [-0.25, -0.2) is 4.98 Å². The number of ether oxygens (including phenoxy) is 1. The van der Waals surface area contributed by atoms with Gasteiger partial charge in [0, 0.05) is 18.4 Å². The smallest absolute Gasteiger partial charge is 0.254 e. The lowest BCUT2D eigenvalue weighted by Gasteiger charge is -2.16. The maximum absolute atomic E-state index is 11.9. The number of rotatable bonds is 2. The molecule has 0 saturated carbocycles. The minimum absolute atomic E-state index is 0.0271. The Bertz CT molecular complexity index is 463. The van der Waals surface area contributed by atoms with Gasteiger partial charge in [0.25, 0.3) is 5.56 Å². The highest BCUT2D eigenvalue weighted by Gasteiger charge is 2.19. The van der Waals surface area contributed by atoms with E-state index in [1.165, 1.54) is 0 Å². The Labute approximate surface area is 99.6 Å². The van der Waals surface area contributed by atoms with Gasteiger partial charge < -0.3 is 15.0 Å². The van der Waals surface area contributed by atoms with Crippen LogP contribution in [0.1, 0.15) is 23.5 Å². The van der Waals surface area contributed by atoms with Crippen molar-refractivity contribution < 1.29 is 4.74 Å². The first-order chi connectivity index (χ1) is 8.33. The predicted octanol–water partition coefficient (Wildman–Crippen LogP) is -0.00540. The fourth-order valence-electron chi connectivity index (χ4n) is 2.57. The molecule has 1 aromatic rings. The van der Waals surface area contributed by atoms with Crippen molar-refractivity contribution in [3.05, 3.63) is 27.4 Å². The van der Waals surface area contributed by atoms with E-state index in [9.17, 15) is 4.79 Å². The van der Waals surface area contributed by atoms with Crippen LogP contribution in [0.4, 0.5) is 0 Å². The molecule has 3 rings (SSSR count). The zero-order valence-electron chi connectivity index (χ0n) is 9.79. The maximum atomic E-state index is 11.9. The van der Waals surface area contributed by atoms with Crippen LogP contribution in [0.15, 0.2) is 4.79 Å². The summed E-state index contributed by atoms with van der Waals surface area (Å²) in [4.78, 5) is 19.3. The second kappa shape index (κ2) is 4.58. The molecule has 0 aromatic carbocycles. The van der Waals surface area contributed by atoms with E-state index in [-0.39, 0.29) is 5.56 Å². The van der Waals surface area contributed by atoms with Crippen molar-refractivity contribution in [3.8, 4) is 0 Å². The summed E-state index contributed by atoms with van der Waals surface area (Å²) in [5.74, 6) is 1.41. The normalized spacial score (nSPS) is 23.6. The third kappa shape index (κ3) is 2.25. The van der Waals surface area contributed by atoms with Crippen molar-refractivity contribution in [1.82, 2.24) is 15.3 Å². The van der Waals surface area contributed by atoms with Gasteiger partial charge in [-0.1, -0.05) is 0 Å². The van der Waals surface area contributed by atoms with E-state index in [1.807, 2.05) is 0 Å². The monoisotopic (exact) mass is 235 g/mol. The van der Waals surface area contributed by atoms with Crippen molar-refractivity contribution in [2.45, 2.75) is 25.9 Å². The van der Waals surface area contributed by atoms with Gasteiger partial charge in [0.2, 0.25) is 0 Å². The van der Waals surface area contributed by atoms with Gasteiger partial charge in [-0.05, 0) is 25.4 Å². The Morgan fingerprint density at radius 2 is 2.41 bits per heavy atom. The van der Waals surface area contributed by atoms with Gasteiger partial charge in [0.15, 0.2) is 0 Å². The summed E-state index contributed by atoms with van der Waals surface area (Å²) in [5.41, 5.74) is 1.67. The molecule has 1 fully saturated rings. The SMILES string of the molecule is O=c1[nH]c(CC2CCNC2)nc2c1CCOC2. The molecule has 0 spiro atoms. The maximum Gasteiger partial charge on any atom is 0.254 e. The molecule has 5 heteroatoms. The first-order valence-electron chi connectivity index (χ1n) is 6.22. The summed E-state index contributed by atoms with van der Waals surface area (Å²) in [6.45, 7) is 3.21. The van der Waals surface area contributed by atoms with Crippen LogP contribution in [0.2, 0.25) is 0 Å². The first-order valence-corrected chi connectivity index (χ1v) is 6.22. The Balaban J connectivity index is 1.85. The van der Waals surface area contributed by atoms with E-state index in [2.05, 4.69) is 15.3 Å². The van der Waals surface area contributed by atoms with Gasteiger partial charge in [-0.15, -0.1) is 0 Å². The largest absolute Gasteiger partial charge is 0.375 e. The molecule has 0 bridgehead atoms. The molecular weight excluding hydrogens is 218 g/mol. The Morgan fingerprint density at radius 1 is 1.47 bits per heavy atom. The highest BCUT2D eigenvalue weighted by atomic mass is 16.5. The standard InChI is InChI=1S/C12H17N3O2/c16-12-9-2-4-17-7-10(9)14-11(15-12)5-8-1-3-13-6-8/h8,13H,1-7H2,(H,14,15,16). The summed E-state index contributed by atoms with van der Waals surface area (Å²) in [7, 11) is 0. The summed E-state index contributed by atoms with van der Waals surface area (Å²) in [5, 5.41) is 3.33. The van der Waals surface area contributed by atoms with Crippen LogP contribution >= 0.6 is 0 Å². The molecule has 2 aliphatic heterocycles. The van der Waals surface area contributed by atoms with E-state index in [4.69, 9.17) is 4.74 Å². The van der Waals surface area contributed by atoms with Crippen molar-refractivity contribution in [2.24, 2.45) is 5.92 Å². The van der Waals surface area contributed by atoms with Crippen LogP contribution < -0.4 is 10.9 Å². The van der Waals surface area contributed by atoms with Crippen LogP contribution in [-0.4, -0.2) is 29.7 Å². The van der Waals surface area contributed by atoms with Crippen LogP contribution in [0, 0.1) is 5.92 Å². The molecule has 1 atom stereocenters. The lowest BCUT2D eigenvalue weighted by molar-refractivity contribution is 0.106. The summed E-state index contributed by atoms with van der Waals surface area (Å²) in [6, 6.07) is 0. The summed E-state index contributed by atoms with van der Waals surface area (Å²) < 4.78 is 5.35. The van der Waals surface area contributed by atoms with Crippen molar-refractivity contribution in [1.29, 1.82) is 0 Å². The molecule has 1 unspecified atom stereocenters. The average Bonchev–Trinajstić information content (AvgIpc) is 2.82. The van der Waals surface area contributed by atoms with Gasteiger partial charge in [-0.3, -0.25) is 4.79 Å². The second-order valence-electron chi connectivity index (χ2n) is 4.80. The molecule has 3 heterocycles. The summed E-state index contributed by atoms with van der Waals surface area (Å²) in [6.07, 6.45) is 2.70. The highest BCUT2D eigenvalue weighted by molar-refractivity contribution is 5.19. The topological polar surface area (TPSA) is 67.0 Å². The van der Waals surface area contributed by atoms with E-state index in [1.54, 1.807) is 0 Å². The molecule has 2 aliphatic rings. The third-order valence-corrected chi connectivity index (χ3v) is 3.53. The van der Waals surface area contributed by atoms with Gasteiger partial charge in [0.1, 0.15) is 5.82 Å². The van der Waals surface area contributed by atoms with Crippen molar-refractivity contribution in [2.75, 3.05) is 19.7 Å². The molecule has 92 valence electrons. The van der Waals surface area contributed by atoms with Crippen LogP contribution in [-0.2, 0) is 24.2 Å². The minimum atomic E-state index is 0.0271. The number of nitrogens with one attached hydrogen (secondary N) is 2. The minimum Gasteiger partial charge on any atom is -0.375 e. The number of hydrogen-bond acceptors (Lipinski definition) is 4.